The Labute approximate surface area is 120 Å². The molecule has 0 bridgehead atoms. The van der Waals surface area contributed by atoms with Gasteiger partial charge in [0.25, 0.3) is 0 Å². The molecule has 1 unspecified atom stereocenters. The summed E-state index contributed by atoms with van der Waals surface area (Å²) in [6.45, 7) is 5.37. The van der Waals surface area contributed by atoms with Crippen LogP contribution in [-0.4, -0.2) is 12.6 Å². The Morgan fingerprint density at radius 3 is 2.58 bits per heavy atom. The van der Waals surface area contributed by atoms with Gasteiger partial charge in [-0.15, -0.1) is 11.3 Å². The highest BCUT2D eigenvalue weighted by Gasteiger charge is 2.09. The van der Waals surface area contributed by atoms with Crippen LogP contribution < -0.4 is 5.32 Å². The van der Waals surface area contributed by atoms with Gasteiger partial charge in [-0.3, -0.25) is 0 Å². The summed E-state index contributed by atoms with van der Waals surface area (Å²) in [7, 11) is 0. The highest BCUT2D eigenvalue weighted by molar-refractivity contribution is 7.09. The fourth-order valence-corrected chi connectivity index (χ4v) is 3.12. The molecule has 0 saturated carbocycles. The lowest BCUT2D eigenvalue weighted by Gasteiger charge is -2.17. The minimum Gasteiger partial charge on any atom is -0.314 e. The molecule has 1 aromatic heterocycles. The molecule has 1 N–H and O–H groups in total. The normalized spacial score (nSPS) is 12.5. The van der Waals surface area contributed by atoms with E-state index in [1.165, 1.54) is 22.4 Å². The zero-order valence-electron chi connectivity index (χ0n) is 11.9. The maximum Gasteiger partial charge on any atom is 0.0118 e. The second kappa shape index (κ2) is 7.46. The van der Waals surface area contributed by atoms with Crippen molar-refractivity contribution in [3.63, 3.8) is 0 Å². The van der Waals surface area contributed by atoms with Gasteiger partial charge in [-0.2, -0.15) is 0 Å². The van der Waals surface area contributed by atoms with Gasteiger partial charge in [0.1, 0.15) is 0 Å². The predicted octanol–water partition coefficient (Wildman–Crippen LogP) is 4.21. The van der Waals surface area contributed by atoms with Crippen molar-refractivity contribution >= 4 is 11.3 Å². The monoisotopic (exact) mass is 273 g/mol. The van der Waals surface area contributed by atoms with E-state index in [0.717, 1.165) is 19.4 Å². The average Bonchev–Trinajstić information content (AvgIpc) is 2.91. The number of thiophene rings is 1. The molecule has 2 rings (SSSR count). The van der Waals surface area contributed by atoms with Gasteiger partial charge in [0.15, 0.2) is 0 Å². The number of hydrogen-bond acceptors (Lipinski definition) is 2. The van der Waals surface area contributed by atoms with Crippen LogP contribution in [0, 0.1) is 6.92 Å². The lowest BCUT2D eigenvalue weighted by Crippen LogP contribution is -2.31. The molecule has 1 atom stereocenters. The average molecular weight is 273 g/mol. The number of nitrogens with one attached hydrogen (secondary N) is 1. The maximum atomic E-state index is 3.61. The van der Waals surface area contributed by atoms with E-state index >= 15 is 0 Å². The number of benzene rings is 1. The van der Waals surface area contributed by atoms with E-state index in [2.05, 4.69) is 60.9 Å². The largest absolute Gasteiger partial charge is 0.314 e. The standard InChI is InChI=1S/C17H23NS/c1-3-18-16(13-17-5-4-12-19-17)11-10-15-8-6-14(2)7-9-15/h4-9,12,16,18H,3,10-11,13H2,1-2H3. The van der Waals surface area contributed by atoms with Gasteiger partial charge in [-0.05, 0) is 49.7 Å². The highest BCUT2D eigenvalue weighted by Crippen LogP contribution is 2.14. The van der Waals surface area contributed by atoms with Crippen molar-refractivity contribution < 1.29 is 0 Å². The molecule has 0 fully saturated rings. The van der Waals surface area contributed by atoms with Crippen LogP contribution >= 0.6 is 11.3 Å². The topological polar surface area (TPSA) is 12.0 Å². The van der Waals surface area contributed by atoms with Crippen LogP contribution in [0.3, 0.4) is 0 Å². The Bertz CT molecular complexity index is 459. The van der Waals surface area contributed by atoms with Gasteiger partial charge < -0.3 is 5.32 Å². The zero-order valence-corrected chi connectivity index (χ0v) is 12.7. The smallest absolute Gasteiger partial charge is 0.0118 e. The molecule has 1 nitrogen and oxygen atoms in total. The van der Waals surface area contributed by atoms with Gasteiger partial charge in [0.2, 0.25) is 0 Å². The third-order valence-corrected chi connectivity index (χ3v) is 4.32. The summed E-state index contributed by atoms with van der Waals surface area (Å²) in [5, 5.41) is 5.77. The fourth-order valence-electron chi connectivity index (χ4n) is 2.33. The zero-order chi connectivity index (χ0) is 13.5. The van der Waals surface area contributed by atoms with Crippen LogP contribution in [-0.2, 0) is 12.8 Å². The highest BCUT2D eigenvalue weighted by atomic mass is 32.1. The molecule has 19 heavy (non-hydrogen) atoms. The Morgan fingerprint density at radius 2 is 1.95 bits per heavy atom. The minimum absolute atomic E-state index is 0.588. The maximum absolute atomic E-state index is 3.61. The summed E-state index contributed by atoms with van der Waals surface area (Å²) in [5.41, 5.74) is 2.78. The second-order valence-electron chi connectivity index (χ2n) is 5.06. The van der Waals surface area contributed by atoms with Crippen molar-refractivity contribution in [2.45, 2.75) is 39.2 Å². The van der Waals surface area contributed by atoms with Crippen molar-refractivity contribution in [3.05, 3.63) is 57.8 Å². The van der Waals surface area contributed by atoms with E-state index < -0.39 is 0 Å². The quantitative estimate of drug-likeness (QED) is 0.797. The van der Waals surface area contributed by atoms with E-state index in [4.69, 9.17) is 0 Å². The van der Waals surface area contributed by atoms with Gasteiger partial charge in [0.05, 0.1) is 0 Å². The lowest BCUT2D eigenvalue weighted by atomic mass is 10.0. The Hall–Kier alpha value is -1.12. The van der Waals surface area contributed by atoms with E-state index in [0.29, 0.717) is 6.04 Å². The predicted molar refractivity (Wildman–Crippen MR) is 85.0 cm³/mol. The molecular formula is C17H23NS. The summed E-state index contributed by atoms with van der Waals surface area (Å²) in [5.74, 6) is 0. The number of likely N-dealkylation sites (N-methyl/N-ethyl adjacent to an activating group) is 1. The van der Waals surface area contributed by atoms with Gasteiger partial charge in [0, 0.05) is 10.9 Å². The first kappa shape index (κ1) is 14.3. The minimum atomic E-state index is 0.588. The molecule has 1 aromatic carbocycles. The van der Waals surface area contributed by atoms with Crippen LogP contribution in [0.2, 0.25) is 0 Å². The van der Waals surface area contributed by atoms with Crippen LogP contribution in [0.1, 0.15) is 29.3 Å². The number of aryl methyl sites for hydroxylation is 2. The molecule has 0 aliphatic heterocycles. The summed E-state index contributed by atoms with van der Waals surface area (Å²) in [6.07, 6.45) is 3.51. The molecule has 2 aromatic rings. The fraction of sp³-hybridized carbons (Fsp3) is 0.412. The number of rotatable bonds is 7. The van der Waals surface area contributed by atoms with E-state index in [-0.39, 0.29) is 0 Å². The third-order valence-electron chi connectivity index (χ3n) is 3.42. The Balaban J connectivity index is 1.87. The van der Waals surface area contributed by atoms with Crippen molar-refractivity contribution in [2.75, 3.05) is 6.54 Å². The SMILES string of the molecule is CCNC(CCc1ccc(C)cc1)Cc1cccs1. The first-order chi connectivity index (χ1) is 9.28. The van der Waals surface area contributed by atoms with Crippen molar-refractivity contribution in [3.8, 4) is 0 Å². The Morgan fingerprint density at radius 1 is 1.16 bits per heavy atom. The van der Waals surface area contributed by atoms with Crippen LogP contribution in [0.4, 0.5) is 0 Å². The Kier molecular flexibility index (Phi) is 5.62. The van der Waals surface area contributed by atoms with Gasteiger partial charge in [-0.25, -0.2) is 0 Å². The molecule has 1 heterocycles. The van der Waals surface area contributed by atoms with E-state index in [1.54, 1.807) is 0 Å². The van der Waals surface area contributed by atoms with E-state index in [1.807, 2.05) is 11.3 Å². The molecule has 0 amide bonds. The molecule has 0 spiro atoms. The van der Waals surface area contributed by atoms with Crippen molar-refractivity contribution in [1.82, 2.24) is 5.32 Å². The molecule has 0 saturated heterocycles. The van der Waals surface area contributed by atoms with E-state index in [9.17, 15) is 0 Å². The molecule has 102 valence electrons. The van der Waals surface area contributed by atoms with Crippen LogP contribution in [0.25, 0.3) is 0 Å². The summed E-state index contributed by atoms with van der Waals surface area (Å²) in [4.78, 5) is 1.48. The van der Waals surface area contributed by atoms with Crippen molar-refractivity contribution in [2.24, 2.45) is 0 Å². The first-order valence-corrected chi connectivity index (χ1v) is 7.97. The lowest BCUT2D eigenvalue weighted by molar-refractivity contribution is 0.494. The molecule has 0 aliphatic rings. The number of hydrogen-bond donors (Lipinski definition) is 1. The van der Waals surface area contributed by atoms with Crippen LogP contribution in [0.15, 0.2) is 41.8 Å². The van der Waals surface area contributed by atoms with Gasteiger partial charge >= 0.3 is 0 Å². The van der Waals surface area contributed by atoms with Crippen LogP contribution in [0.5, 0.6) is 0 Å². The molecule has 2 heteroatoms. The summed E-state index contributed by atoms with van der Waals surface area (Å²) >= 11 is 1.86. The molecule has 0 aliphatic carbocycles. The molecule has 0 radical (unpaired) electrons. The van der Waals surface area contributed by atoms with Gasteiger partial charge in [-0.1, -0.05) is 42.8 Å². The van der Waals surface area contributed by atoms with Crippen molar-refractivity contribution in [1.29, 1.82) is 0 Å². The summed E-state index contributed by atoms with van der Waals surface area (Å²) < 4.78 is 0. The molecular weight excluding hydrogens is 250 g/mol. The first-order valence-electron chi connectivity index (χ1n) is 7.09. The second-order valence-corrected chi connectivity index (χ2v) is 6.09. The summed E-state index contributed by atoms with van der Waals surface area (Å²) in [6, 6.07) is 13.9. The third kappa shape index (κ3) is 4.81.